The van der Waals surface area contributed by atoms with Crippen LogP contribution in [-0.4, -0.2) is 30.4 Å². The lowest BCUT2D eigenvalue weighted by Gasteiger charge is -2.20. The number of halogens is 1. The second kappa shape index (κ2) is 10.6. The minimum Gasteiger partial charge on any atom is -0.454 e. The predicted molar refractivity (Wildman–Crippen MR) is 112 cm³/mol. The van der Waals surface area contributed by atoms with Gasteiger partial charge < -0.3 is 15.4 Å². The van der Waals surface area contributed by atoms with Crippen LogP contribution in [0.25, 0.3) is 0 Å². The summed E-state index contributed by atoms with van der Waals surface area (Å²) < 4.78 is 5.10. The van der Waals surface area contributed by atoms with Crippen molar-refractivity contribution in [3.8, 4) is 0 Å². The molecule has 29 heavy (non-hydrogen) atoms. The molecule has 2 aromatic rings. The molecular weight excluding hydrogens is 392 g/mol. The number of hydrogen-bond acceptors (Lipinski definition) is 4. The van der Waals surface area contributed by atoms with E-state index in [0.29, 0.717) is 17.1 Å². The molecule has 2 aromatic carbocycles. The van der Waals surface area contributed by atoms with Gasteiger partial charge >= 0.3 is 5.97 Å². The van der Waals surface area contributed by atoms with Crippen molar-refractivity contribution in [2.75, 3.05) is 6.61 Å². The molecule has 1 unspecified atom stereocenters. The maximum Gasteiger partial charge on any atom is 0.329 e. The Morgan fingerprint density at radius 3 is 2.21 bits per heavy atom. The molecule has 1 atom stereocenters. The van der Waals surface area contributed by atoms with Gasteiger partial charge in [0, 0.05) is 17.1 Å². The van der Waals surface area contributed by atoms with Gasteiger partial charge in [-0.1, -0.05) is 55.3 Å². The van der Waals surface area contributed by atoms with E-state index >= 15 is 0 Å². The topological polar surface area (TPSA) is 84.5 Å². The molecule has 0 radical (unpaired) electrons. The molecule has 0 aliphatic carbocycles. The number of carbonyl (C=O) groups excluding carboxylic acids is 3. The molecule has 0 spiro atoms. The van der Waals surface area contributed by atoms with E-state index in [1.165, 1.54) is 0 Å². The lowest BCUT2D eigenvalue weighted by atomic mass is 10.0. The van der Waals surface area contributed by atoms with Gasteiger partial charge in [-0.25, -0.2) is 4.79 Å². The normalized spacial score (nSPS) is 11.6. The number of amides is 2. The molecule has 0 aromatic heterocycles. The summed E-state index contributed by atoms with van der Waals surface area (Å²) in [6, 6.07) is 13.2. The Labute approximate surface area is 175 Å². The van der Waals surface area contributed by atoms with Crippen LogP contribution in [0.15, 0.2) is 48.5 Å². The van der Waals surface area contributed by atoms with Crippen LogP contribution in [0, 0.1) is 12.8 Å². The molecule has 0 saturated carbocycles. The van der Waals surface area contributed by atoms with Gasteiger partial charge in [-0.3, -0.25) is 9.59 Å². The van der Waals surface area contributed by atoms with Crippen molar-refractivity contribution in [2.45, 2.75) is 33.4 Å². The molecule has 2 rings (SSSR count). The molecule has 0 aliphatic rings. The Kier molecular flexibility index (Phi) is 8.21. The minimum atomic E-state index is -0.872. The Bertz CT molecular complexity index is 848. The van der Waals surface area contributed by atoms with Crippen molar-refractivity contribution in [1.82, 2.24) is 10.6 Å². The summed E-state index contributed by atoms with van der Waals surface area (Å²) in [5.41, 5.74) is 2.46. The van der Waals surface area contributed by atoms with Crippen LogP contribution in [0.3, 0.4) is 0 Å². The number of ether oxygens (including phenoxy) is 1. The third-order valence-electron chi connectivity index (χ3n) is 4.27. The Balaban J connectivity index is 1.85. The summed E-state index contributed by atoms with van der Waals surface area (Å²) in [6.45, 7) is 5.48. The van der Waals surface area contributed by atoms with Crippen molar-refractivity contribution in [1.29, 1.82) is 0 Å². The zero-order chi connectivity index (χ0) is 21.4. The maximum absolute atomic E-state index is 12.4. The second-order valence-electron chi connectivity index (χ2n) is 7.07. The van der Waals surface area contributed by atoms with Gasteiger partial charge in [0.25, 0.3) is 11.8 Å². The van der Waals surface area contributed by atoms with Crippen LogP contribution in [0.1, 0.15) is 35.3 Å². The van der Waals surface area contributed by atoms with Crippen molar-refractivity contribution in [2.24, 2.45) is 5.92 Å². The first-order valence-electron chi connectivity index (χ1n) is 9.31. The molecule has 6 nitrogen and oxygen atoms in total. The molecule has 7 heteroatoms. The third kappa shape index (κ3) is 7.23. The Morgan fingerprint density at radius 1 is 1.00 bits per heavy atom. The zero-order valence-electron chi connectivity index (χ0n) is 16.7. The van der Waals surface area contributed by atoms with E-state index in [1.54, 1.807) is 38.1 Å². The van der Waals surface area contributed by atoms with Gasteiger partial charge in [0.1, 0.15) is 6.04 Å². The monoisotopic (exact) mass is 416 g/mol. The second-order valence-corrected chi connectivity index (χ2v) is 7.51. The smallest absolute Gasteiger partial charge is 0.329 e. The number of esters is 1. The SMILES string of the molecule is Cc1ccc(CNC(=O)COC(=O)C(NC(=O)c2ccc(Cl)cc2)C(C)C)cc1. The highest BCUT2D eigenvalue weighted by molar-refractivity contribution is 6.30. The minimum absolute atomic E-state index is 0.214. The van der Waals surface area contributed by atoms with Crippen molar-refractivity contribution in [3.63, 3.8) is 0 Å². The van der Waals surface area contributed by atoms with Crippen LogP contribution in [0.2, 0.25) is 5.02 Å². The molecule has 2 N–H and O–H groups in total. The standard InChI is InChI=1S/C22H25ClN2O4/c1-14(2)20(25-21(27)17-8-10-18(23)11-9-17)22(28)29-13-19(26)24-12-16-6-4-15(3)5-7-16/h4-11,14,20H,12-13H2,1-3H3,(H,24,26)(H,25,27). The lowest BCUT2D eigenvalue weighted by Crippen LogP contribution is -2.46. The quantitative estimate of drug-likeness (QED) is 0.647. The van der Waals surface area contributed by atoms with Gasteiger partial charge in [-0.05, 0) is 42.7 Å². The molecule has 2 amide bonds. The van der Waals surface area contributed by atoms with Gasteiger partial charge in [-0.15, -0.1) is 0 Å². The summed E-state index contributed by atoms with van der Waals surface area (Å²) in [4.78, 5) is 36.7. The van der Waals surface area contributed by atoms with E-state index in [4.69, 9.17) is 16.3 Å². The first-order chi connectivity index (χ1) is 13.8. The van der Waals surface area contributed by atoms with E-state index in [9.17, 15) is 14.4 Å². The van der Waals surface area contributed by atoms with Gasteiger partial charge in [-0.2, -0.15) is 0 Å². The van der Waals surface area contributed by atoms with Crippen molar-refractivity contribution < 1.29 is 19.1 Å². The van der Waals surface area contributed by atoms with Crippen LogP contribution in [-0.2, 0) is 20.9 Å². The Hall–Kier alpha value is -2.86. The first kappa shape index (κ1) is 22.4. The average molecular weight is 417 g/mol. The number of carbonyl (C=O) groups is 3. The van der Waals surface area contributed by atoms with Crippen LogP contribution in [0.5, 0.6) is 0 Å². The van der Waals surface area contributed by atoms with E-state index < -0.39 is 30.4 Å². The average Bonchev–Trinajstić information content (AvgIpc) is 2.69. The number of nitrogens with one attached hydrogen (secondary N) is 2. The lowest BCUT2D eigenvalue weighted by molar-refractivity contribution is -0.151. The number of benzene rings is 2. The van der Waals surface area contributed by atoms with E-state index in [1.807, 2.05) is 31.2 Å². The maximum atomic E-state index is 12.4. The fraction of sp³-hybridized carbons (Fsp3) is 0.318. The predicted octanol–water partition coefficient (Wildman–Crippen LogP) is 3.26. The highest BCUT2D eigenvalue weighted by Gasteiger charge is 2.26. The number of hydrogen-bond donors (Lipinski definition) is 2. The molecule has 0 heterocycles. The molecule has 0 fully saturated rings. The highest BCUT2D eigenvalue weighted by Crippen LogP contribution is 2.11. The third-order valence-corrected chi connectivity index (χ3v) is 4.52. The first-order valence-corrected chi connectivity index (χ1v) is 9.69. The van der Waals surface area contributed by atoms with Crippen LogP contribution >= 0.6 is 11.6 Å². The molecule has 154 valence electrons. The van der Waals surface area contributed by atoms with Crippen molar-refractivity contribution in [3.05, 3.63) is 70.2 Å². The molecule has 0 aliphatic heterocycles. The molecule has 0 bridgehead atoms. The number of aryl methyl sites for hydroxylation is 1. The van der Waals surface area contributed by atoms with Crippen molar-refractivity contribution >= 4 is 29.4 Å². The molecule has 0 saturated heterocycles. The number of rotatable bonds is 8. The van der Waals surface area contributed by atoms with Crippen LogP contribution < -0.4 is 10.6 Å². The summed E-state index contributed by atoms with van der Waals surface area (Å²) in [6.07, 6.45) is 0. The fourth-order valence-corrected chi connectivity index (χ4v) is 2.63. The summed E-state index contributed by atoms with van der Waals surface area (Å²) in [5.74, 6) is -1.70. The van der Waals surface area contributed by atoms with E-state index in [0.717, 1.165) is 11.1 Å². The Morgan fingerprint density at radius 2 is 1.62 bits per heavy atom. The van der Waals surface area contributed by atoms with E-state index in [-0.39, 0.29) is 5.92 Å². The summed E-state index contributed by atoms with van der Waals surface area (Å²) in [5, 5.41) is 5.86. The zero-order valence-corrected chi connectivity index (χ0v) is 17.5. The van der Waals surface area contributed by atoms with Gasteiger partial charge in [0.15, 0.2) is 6.61 Å². The largest absolute Gasteiger partial charge is 0.454 e. The van der Waals surface area contributed by atoms with Crippen LogP contribution in [0.4, 0.5) is 0 Å². The fourth-order valence-electron chi connectivity index (χ4n) is 2.51. The molecular formula is C22H25ClN2O4. The highest BCUT2D eigenvalue weighted by atomic mass is 35.5. The summed E-state index contributed by atoms with van der Waals surface area (Å²) >= 11 is 5.82. The van der Waals surface area contributed by atoms with Gasteiger partial charge in [0.05, 0.1) is 0 Å². The van der Waals surface area contributed by atoms with E-state index in [2.05, 4.69) is 10.6 Å². The summed E-state index contributed by atoms with van der Waals surface area (Å²) in [7, 11) is 0. The van der Waals surface area contributed by atoms with Gasteiger partial charge in [0.2, 0.25) is 0 Å².